The fraction of sp³-hybridized carbons (Fsp3) is 0.0625. The minimum atomic E-state index is -0.412. The number of aromatic nitrogens is 2. The maximum atomic E-state index is 12.0. The second-order valence-corrected chi connectivity index (χ2v) is 5.03. The van der Waals surface area contributed by atoms with Gasteiger partial charge in [0.1, 0.15) is 0 Å². The molecular weight excluding hydrogens is 302 g/mol. The summed E-state index contributed by atoms with van der Waals surface area (Å²) in [5.41, 5.74) is 1.73. The van der Waals surface area contributed by atoms with Crippen molar-refractivity contribution in [2.75, 3.05) is 0 Å². The zero-order valence-corrected chi connectivity index (χ0v) is 12.2. The highest BCUT2D eigenvalue weighted by Crippen LogP contribution is 2.15. The van der Waals surface area contributed by atoms with Crippen molar-refractivity contribution in [2.45, 2.75) is 6.54 Å². The molecule has 5 nitrogen and oxygen atoms in total. The molecule has 2 aromatic carbocycles. The molecule has 0 spiro atoms. The molecule has 0 aliphatic heterocycles. The fourth-order valence-corrected chi connectivity index (χ4v) is 2.01. The van der Waals surface area contributed by atoms with Gasteiger partial charge < -0.3 is 9.84 Å². The van der Waals surface area contributed by atoms with Gasteiger partial charge in [0.2, 0.25) is 5.82 Å². The number of nitrogens with zero attached hydrogens (tertiary/aromatic N) is 2. The van der Waals surface area contributed by atoms with Crippen LogP contribution in [0.15, 0.2) is 59.1 Å². The number of hydrogen-bond acceptors (Lipinski definition) is 4. The number of nitrogens with one attached hydrogen (secondary N) is 1. The van der Waals surface area contributed by atoms with Gasteiger partial charge in [-0.15, -0.1) is 0 Å². The first-order valence-electron chi connectivity index (χ1n) is 6.64. The topological polar surface area (TPSA) is 68.0 Å². The molecule has 1 aromatic heterocycles. The lowest BCUT2D eigenvalue weighted by molar-refractivity contribution is 0.0907. The summed E-state index contributed by atoms with van der Waals surface area (Å²) in [4.78, 5) is 16.1. The van der Waals surface area contributed by atoms with Crippen molar-refractivity contribution in [1.29, 1.82) is 0 Å². The molecule has 6 heteroatoms. The Labute approximate surface area is 131 Å². The molecule has 1 amide bonds. The first kappa shape index (κ1) is 14.3. The van der Waals surface area contributed by atoms with Gasteiger partial charge in [-0.2, -0.15) is 4.98 Å². The molecule has 0 saturated heterocycles. The molecule has 0 aliphatic carbocycles. The van der Waals surface area contributed by atoms with Gasteiger partial charge in [0.25, 0.3) is 0 Å². The molecule has 22 heavy (non-hydrogen) atoms. The number of carbonyl (C=O) groups excluding carboxylic acids is 1. The highest BCUT2D eigenvalue weighted by molar-refractivity contribution is 6.30. The molecule has 0 aliphatic rings. The average Bonchev–Trinajstić information content (AvgIpc) is 3.05. The third-order valence-corrected chi connectivity index (χ3v) is 3.27. The summed E-state index contributed by atoms with van der Waals surface area (Å²) in [6.07, 6.45) is 0. The van der Waals surface area contributed by atoms with E-state index in [1.54, 1.807) is 12.1 Å². The number of amides is 1. The van der Waals surface area contributed by atoms with E-state index in [2.05, 4.69) is 15.5 Å². The molecule has 0 unspecified atom stereocenters. The van der Waals surface area contributed by atoms with Crippen LogP contribution in [0.4, 0.5) is 0 Å². The van der Waals surface area contributed by atoms with Crippen LogP contribution in [0.25, 0.3) is 11.4 Å². The lowest BCUT2D eigenvalue weighted by Crippen LogP contribution is -2.23. The highest BCUT2D eigenvalue weighted by atomic mass is 35.5. The van der Waals surface area contributed by atoms with E-state index in [9.17, 15) is 4.79 Å². The molecule has 3 aromatic rings. The molecule has 0 fully saturated rings. The SMILES string of the molecule is O=C(NCc1ccc(Cl)cc1)c1nc(-c2ccccc2)no1. The maximum Gasteiger partial charge on any atom is 0.316 e. The standard InChI is InChI=1S/C16H12ClN3O2/c17-13-8-6-11(7-9-13)10-18-15(21)16-19-14(20-22-16)12-4-2-1-3-5-12/h1-9H,10H2,(H,18,21). The van der Waals surface area contributed by atoms with Gasteiger partial charge in [0, 0.05) is 17.1 Å². The molecule has 1 heterocycles. The van der Waals surface area contributed by atoms with E-state index in [1.807, 2.05) is 42.5 Å². The van der Waals surface area contributed by atoms with Crippen LogP contribution in [0, 0.1) is 0 Å². The lowest BCUT2D eigenvalue weighted by Gasteiger charge is -2.02. The lowest BCUT2D eigenvalue weighted by atomic mass is 10.2. The van der Waals surface area contributed by atoms with E-state index in [0.29, 0.717) is 17.4 Å². The molecule has 0 atom stereocenters. The first-order chi connectivity index (χ1) is 10.7. The summed E-state index contributed by atoms with van der Waals surface area (Å²) in [7, 11) is 0. The fourth-order valence-electron chi connectivity index (χ4n) is 1.88. The zero-order valence-electron chi connectivity index (χ0n) is 11.5. The minimum Gasteiger partial charge on any atom is -0.344 e. The number of carbonyl (C=O) groups is 1. The smallest absolute Gasteiger partial charge is 0.316 e. The summed E-state index contributed by atoms with van der Waals surface area (Å²) < 4.78 is 4.99. The quantitative estimate of drug-likeness (QED) is 0.802. The number of hydrogen-bond donors (Lipinski definition) is 1. The maximum absolute atomic E-state index is 12.0. The summed E-state index contributed by atoms with van der Waals surface area (Å²) in [5, 5.41) is 7.18. The van der Waals surface area contributed by atoms with E-state index < -0.39 is 5.91 Å². The van der Waals surface area contributed by atoms with Crippen molar-refractivity contribution in [3.63, 3.8) is 0 Å². The Morgan fingerprint density at radius 3 is 2.55 bits per heavy atom. The van der Waals surface area contributed by atoms with Crippen molar-refractivity contribution in [1.82, 2.24) is 15.5 Å². The van der Waals surface area contributed by atoms with Crippen molar-refractivity contribution < 1.29 is 9.32 Å². The van der Waals surface area contributed by atoms with Crippen LogP contribution in [0.5, 0.6) is 0 Å². The molecule has 3 rings (SSSR count). The highest BCUT2D eigenvalue weighted by Gasteiger charge is 2.15. The van der Waals surface area contributed by atoms with Crippen LogP contribution in [-0.2, 0) is 6.54 Å². The first-order valence-corrected chi connectivity index (χ1v) is 7.02. The Hall–Kier alpha value is -2.66. The van der Waals surface area contributed by atoms with Crippen LogP contribution in [0.1, 0.15) is 16.2 Å². The van der Waals surface area contributed by atoms with Crippen molar-refractivity contribution in [3.05, 3.63) is 71.1 Å². The second-order valence-electron chi connectivity index (χ2n) is 4.60. The van der Waals surface area contributed by atoms with Gasteiger partial charge in [-0.3, -0.25) is 4.79 Å². The van der Waals surface area contributed by atoms with E-state index in [0.717, 1.165) is 11.1 Å². The second kappa shape index (κ2) is 6.41. The van der Waals surface area contributed by atoms with Crippen molar-refractivity contribution in [3.8, 4) is 11.4 Å². The summed E-state index contributed by atoms with van der Waals surface area (Å²) in [5.74, 6) is -0.0882. The average molecular weight is 314 g/mol. The van der Waals surface area contributed by atoms with Crippen LogP contribution in [0.2, 0.25) is 5.02 Å². The zero-order chi connectivity index (χ0) is 15.4. The van der Waals surface area contributed by atoms with Gasteiger partial charge in [-0.25, -0.2) is 0 Å². The summed E-state index contributed by atoms with van der Waals surface area (Å²) >= 11 is 5.81. The van der Waals surface area contributed by atoms with Crippen LogP contribution >= 0.6 is 11.6 Å². The van der Waals surface area contributed by atoms with Gasteiger partial charge in [0.05, 0.1) is 0 Å². The van der Waals surface area contributed by atoms with E-state index in [-0.39, 0.29) is 5.89 Å². The van der Waals surface area contributed by atoms with Gasteiger partial charge in [0.15, 0.2) is 0 Å². The summed E-state index contributed by atoms with van der Waals surface area (Å²) in [6.45, 7) is 0.360. The number of halogens is 1. The van der Waals surface area contributed by atoms with Gasteiger partial charge in [-0.1, -0.05) is 59.2 Å². The van der Waals surface area contributed by atoms with Gasteiger partial charge in [-0.05, 0) is 17.7 Å². The third kappa shape index (κ3) is 3.32. The normalized spacial score (nSPS) is 10.4. The Morgan fingerprint density at radius 2 is 1.82 bits per heavy atom. The third-order valence-electron chi connectivity index (χ3n) is 3.02. The van der Waals surface area contributed by atoms with Crippen molar-refractivity contribution >= 4 is 17.5 Å². The molecule has 0 radical (unpaired) electrons. The van der Waals surface area contributed by atoms with E-state index >= 15 is 0 Å². The van der Waals surface area contributed by atoms with Crippen LogP contribution in [0.3, 0.4) is 0 Å². The Bertz CT molecular complexity index is 770. The number of rotatable bonds is 4. The van der Waals surface area contributed by atoms with Crippen LogP contribution < -0.4 is 5.32 Å². The Kier molecular flexibility index (Phi) is 4.16. The van der Waals surface area contributed by atoms with Gasteiger partial charge >= 0.3 is 11.8 Å². The Morgan fingerprint density at radius 1 is 1.09 bits per heavy atom. The summed E-state index contributed by atoms with van der Waals surface area (Å²) in [6, 6.07) is 16.5. The predicted octanol–water partition coefficient (Wildman–Crippen LogP) is 3.32. The van der Waals surface area contributed by atoms with E-state index in [4.69, 9.17) is 16.1 Å². The largest absolute Gasteiger partial charge is 0.344 e. The Balaban J connectivity index is 1.66. The number of benzene rings is 2. The molecular formula is C16H12ClN3O2. The molecule has 0 bridgehead atoms. The molecule has 0 saturated carbocycles. The minimum absolute atomic E-state index is 0.0622. The van der Waals surface area contributed by atoms with Crippen molar-refractivity contribution in [2.24, 2.45) is 0 Å². The monoisotopic (exact) mass is 313 g/mol. The molecule has 110 valence electrons. The van der Waals surface area contributed by atoms with E-state index in [1.165, 1.54) is 0 Å². The predicted molar refractivity (Wildman–Crippen MR) is 82.4 cm³/mol. The van der Waals surface area contributed by atoms with Crippen LogP contribution in [-0.4, -0.2) is 16.0 Å². The molecule has 1 N–H and O–H groups in total.